The van der Waals surface area contributed by atoms with Crippen LogP contribution in [0.3, 0.4) is 0 Å². The molecule has 4 aromatic rings. The van der Waals surface area contributed by atoms with Gasteiger partial charge in [0.15, 0.2) is 17.3 Å². The predicted octanol–water partition coefficient (Wildman–Crippen LogP) is 3.29. The molecule has 0 saturated carbocycles. The maximum absolute atomic E-state index is 13.4. The van der Waals surface area contributed by atoms with Crippen LogP contribution in [-0.2, 0) is 13.6 Å². The summed E-state index contributed by atoms with van der Waals surface area (Å²) in [6, 6.07) is 8.89. The van der Waals surface area contributed by atoms with Gasteiger partial charge in [0.1, 0.15) is 11.4 Å². The van der Waals surface area contributed by atoms with Gasteiger partial charge in [0.05, 0.1) is 23.4 Å². The molecule has 0 unspecified atom stereocenters. The van der Waals surface area contributed by atoms with Crippen molar-refractivity contribution in [3.8, 4) is 17.2 Å². The molecular formula is C30H26FN7O5. The molecule has 2 aromatic carbocycles. The standard InChI is InChI=1S/C30H26FN7O5/c1-3-37-15-22(29(41)38(30(37)42)21-7-4-19(31)5-8-21)28(40)35-20-6-9-26(25(39)13-20)43-27-12-18(14-33-23(27)10-11-32)24-16-36(2)17-34-24/h4-17,32-33,39H,3H2,1-2H3,(H,35,40)/b23-10-,32-11?. The predicted molar refractivity (Wildman–Crippen MR) is 158 cm³/mol. The maximum Gasteiger partial charge on any atom is 0.335 e. The molecule has 1 amide bonds. The van der Waals surface area contributed by atoms with Gasteiger partial charge >= 0.3 is 5.69 Å². The number of dihydropyridines is 1. The van der Waals surface area contributed by atoms with Crippen LogP contribution < -0.4 is 26.6 Å². The van der Waals surface area contributed by atoms with Crippen molar-refractivity contribution in [2.24, 2.45) is 7.05 Å². The van der Waals surface area contributed by atoms with E-state index < -0.39 is 23.0 Å². The summed E-state index contributed by atoms with van der Waals surface area (Å²) in [5.74, 6) is -1.32. The minimum absolute atomic E-state index is 0.0578. The average Bonchev–Trinajstić information content (AvgIpc) is 3.42. The van der Waals surface area contributed by atoms with Gasteiger partial charge in [-0.2, -0.15) is 0 Å². The zero-order chi connectivity index (χ0) is 30.7. The highest BCUT2D eigenvalue weighted by molar-refractivity contribution is 6.04. The molecule has 218 valence electrons. The third-order valence-corrected chi connectivity index (χ3v) is 6.45. The van der Waals surface area contributed by atoms with Crippen LogP contribution in [0.2, 0.25) is 0 Å². The van der Waals surface area contributed by atoms with Gasteiger partial charge in [0.25, 0.3) is 11.5 Å². The summed E-state index contributed by atoms with van der Waals surface area (Å²) in [6.07, 6.45) is 10.6. The van der Waals surface area contributed by atoms with Crippen molar-refractivity contribution >= 4 is 23.4 Å². The summed E-state index contributed by atoms with van der Waals surface area (Å²) in [6.45, 7) is 1.85. The van der Waals surface area contributed by atoms with Crippen LogP contribution in [0.1, 0.15) is 23.0 Å². The number of halogens is 1. The second kappa shape index (κ2) is 11.9. The van der Waals surface area contributed by atoms with Gasteiger partial charge in [-0.15, -0.1) is 0 Å². The Balaban J connectivity index is 1.41. The first-order chi connectivity index (χ1) is 20.7. The first kappa shape index (κ1) is 28.5. The molecule has 0 fully saturated rings. The first-order valence-corrected chi connectivity index (χ1v) is 13.0. The molecule has 0 aliphatic carbocycles. The lowest BCUT2D eigenvalue weighted by Gasteiger charge is -2.19. The van der Waals surface area contributed by atoms with Crippen molar-refractivity contribution in [2.75, 3.05) is 5.32 Å². The molecule has 0 atom stereocenters. The normalized spacial score (nSPS) is 13.6. The van der Waals surface area contributed by atoms with Crippen LogP contribution in [0.5, 0.6) is 11.5 Å². The molecular weight excluding hydrogens is 557 g/mol. The Labute approximate surface area is 243 Å². The fraction of sp³-hybridized carbons (Fsp3) is 0.100. The zero-order valence-corrected chi connectivity index (χ0v) is 23.0. The number of hydrogen-bond donors (Lipinski definition) is 4. The lowest BCUT2D eigenvalue weighted by Crippen LogP contribution is -2.42. The van der Waals surface area contributed by atoms with Crippen LogP contribution in [0.15, 0.2) is 101 Å². The fourth-order valence-corrected chi connectivity index (χ4v) is 4.30. The lowest BCUT2D eigenvalue weighted by atomic mass is 10.1. The SMILES string of the molecule is CCn1cc(C(=O)Nc2ccc(OC3=CC(c4cn(C)cn4)=CN/C3=C\C=N)c(O)c2)c(=O)n(-c2ccc(F)cc2)c1=O. The number of amides is 1. The van der Waals surface area contributed by atoms with E-state index >= 15 is 0 Å². The van der Waals surface area contributed by atoms with Crippen molar-refractivity contribution < 1.29 is 19.0 Å². The molecule has 0 bridgehead atoms. The molecule has 0 radical (unpaired) electrons. The Morgan fingerprint density at radius 2 is 1.95 bits per heavy atom. The molecule has 12 nitrogen and oxygen atoms in total. The number of benzene rings is 2. The molecule has 5 rings (SSSR count). The number of aryl methyl sites for hydroxylation is 2. The highest BCUT2D eigenvalue weighted by atomic mass is 19.1. The highest BCUT2D eigenvalue weighted by Gasteiger charge is 2.20. The number of aromatic hydroxyl groups is 1. The van der Waals surface area contributed by atoms with Gasteiger partial charge in [-0.25, -0.2) is 18.7 Å². The topological polar surface area (TPSA) is 156 Å². The number of rotatable bonds is 8. The van der Waals surface area contributed by atoms with Crippen LogP contribution in [0.4, 0.5) is 10.1 Å². The van der Waals surface area contributed by atoms with Gasteiger partial charge < -0.3 is 30.5 Å². The Hall–Kier alpha value is -5.98. The number of hydrogen-bond acceptors (Lipinski definition) is 8. The number of imidazole rings is 1. The van der Waals surface area contributed by atoms with E-state index in [-0.39, 0.29) is 35.0 Å². The van der Waals surface area contributed by atoms with Gasteiger partial charge in [-0.1, -0.05) is 0 Å². The Bertz CT molecular complexity index is 1950. The van der Waals surface area contributed by atoms with Crippen molar-refractivity contribution in [1.82, 2.24) is 24.0 Å². The first-order valence-electron chi connectivity index (χ1n) is 13.0. The smallest absolute Gasteiger partial charge is 0.335 e. The second-order valence-corrected chi connectivity index (χ2v) is 9.39. The molecule has 3 heterocycles. The summed E-state index contributed by atoms with van der Waals surface area (Å²) in [5, 5.41) is 23.8. The number of allylic oxidation sites excluding steroid dienone is 3. The molecule has 1 aliphatic heterocycles. The van der Waals surface area contributed by atoms with E-state index in [0.717, 1.165) is 29.1 Å². The van der Waals surface area contributed by atoms with Crippen LogP contribution in [0.25, 0.3) is 11.3 Å². The van der Waals surface area contributed by atoms with E-state index in [9.17, 15) is 23.9 Å². The monoisotopic (exact) mass is 583 g/mol. The number of anilines is 1. The van der Waals surface area contributed by atoms with Crippen molar-refractivity contribution in [3.63, 3.8) is 0 Å². The number of ether oxygens (including phenoxy) is 1. The van der Waals surface area contributed by atoms with Gasteiger partial charge in [0, 0.05) is 55.7 Å². The van der Waals surface area contributed by atoms with E-state index in [1.165, 1.54) is 41.0 Å². The molecule has 2 aromatic heterocycles. The van der Waals surface area contributed by atoms with Crippen LogP contribution >= 0.6 is 0 Å². The molecule has 0 saturated heterocycles. The minimum Gasteiger partial charge on any atom is -0.504 e. The van der Waals surface area contributed by atoms with E-state index in [1.807, 2.05) is 13.2 Å². The Morgan fingerprint density at radius 1 is 1.19 bits per heavy atom. The Morgan fingerprint density at radius 3 is 2.60 bits per heavy atom. The minimum atomic E-state index is -0.887. The number of phenolic OH excluding ortho intramolecular Hbond substituents is 1. The van der Waals surface area contributed by atoms with Crippen LogP contribution in [0, 0.1) is 11.2 Å². The molecule has 43 heavy (non-hydrogen) atoms. The van der Waals surface area contributed by atoms with Gasteiger partial charge in [0.2, 0.25) is 0 Å². The molecule has 0 spiro atoms. The van der Waals surface area contributed by atoms with Gasteiger partial charge in [-0.3, -0.25) is 14.2 Å². The quantitative estimate of drug-likeness (QED) is 0.232. The second-order valence-electron chi connectivity index (χ2n) is 9.39. The van der Waals surface area contributed by atoms with Crippen LogP contribution in [-0.4, -0.2) is 35.9 Å². The molecule has 13 heteroatoms. The van der Waals surface area contributed by atoms with E-state index in [0.29, 0.717) is 22.7 Å². The summed E-state index contributed by atoms with van der Waals surface area (Å²) in [5.41, 5.74) is 0.212. The summed E-state index contributed by atoms with van der Waals surface area (Å²) in [7, 11) is 1.84. The van der Waals surface area contributed by atoms with Crippen molar-refractivity contribution in [3.05, 3.63) is 129 Å². The summed E-state index contributed by atoms with van der Waals surface area (Å²) < 4.78 is 23.2. The number of nitrogens with zero attached hydrogens (tertiary/aromatic N) is 4. The Kier molecular flexibility index (Phi) is 7.88. The van der Waals surface area contributed by atoms with E-state index in [2.05, 4.69) is 15.6 Å². The van der Waals surface area contributed by atoms with Gasteiger partial charge in [-0.05, 0) is 55.5 Å². The molecule has 1 aliphatic rings. The third-order valence-electron chi connectivity index (χ3n) is 6.45. The lowest BCUT2D eigenvalue weighted by molar-refractivity contribution is 0.102. The highest BCUT2D eigenvalue weighted by Crippen LogP contribution is 2.33. The number of phenols is 1. The van der Waals surface area contributed by atoms with E-state index in [1.54, 1.807) is 30.1 Å². The fourth-order valence-electron chi connectivity index (χ4n) is 4.30. The van der Waals surface area contributed by atoms with E-state index in [4.69, 9.17) is 10.1 Å². The maximum atomic E-state index is 13.4. The van der Waals surface area contributed by atoms with Crippen molar-refractivity contribution in [1.29, 1.82) is 5.41 Å². The summed E-state index contributed by atoms with van der Waals surface area (Å²) >= 11 is 0. The number of carbonyl (C=O) groups excluding carboxylic acids is 1. The third kappa shape index (κ3) is 5.91. The number of carbonyl (C=O) groups is 1. The zero-order valence-electron chi connectivity index (χ0n) is 23.0. The number of aromatic nitrogens is 4. The summed E-state index contributed by atoms with van der Waals surface area (Å²) in [4.78, 5) is 43.6. The largest absolute Gasteiger partial charge is 0.504 e. The van der Waals surface area contributed by atoms with Crippen molar-refractivity contribution in [2.45, 2.75) is 13.5 Å². The number of nitrogens with one attached hydrogen (secondary N) is 3. The molecule has 4 N–H and O–H groups in total. The average molecular weight is 584 g/mol.